The minimum atomic E-state index is 0.954. The van der Waals surface area contributed by atoms with Crippen LogP contribution in [0.15, 0.2) is 24.3 Å². The molecule has 0 atom stereocenters. The third-order valence-electron chi connectivity index (χ3n) is 2.80. The Bertz CT molecular complexity index is 319. The molecule has 0 amide bonds. The lowest BCUT2D eigenvalue weighted by molar-refractivity contribution is 0.341. The average molecular weight is 205 g/mol. The molecule has 1 heterocycles. The van der Waals surface area contributed by atoms with Crippen molar-refractivity contribution in [3.05, 3.63) is 31.3 Å². The van der Waals surface area contributed by atoms with Gasteiger partial charge in [0.15, 0.2) is 0 Å². The van der Waals surface area contributed by atoms with Gasteiger partial charge in [0.2, 0.25) is 0 Å². The van der Waals surface area contributed by atoms with Crippen LogP contribution >= 0.6 is 0 Å². The summed E-state index contributed by atoms with van der Waals surface area (Å²) in [6.45, 7) is 4.06. The number of anilines is 1. The predicted octanol–water partition coefficient (Wildman–Crippen LogP) is 1.61. The highest BCUT2D eigenvalue weighted by Crippen LogP contribution is 2.28. The molecular weight excluding hydrogens is 188 g/mol. The van der Waals surface area contributed by atoms with Crippen molar-refractivity contribution in [2.45, 2.75) is 0 Å². The highest BCUT2D eigenvalue weighted by Gasteiger charge is 2.16. The molecular formula is C12H17N2O. The van der Waals surface area contributed by atoms with Crippen LogP contribution in [0.4, 0.5) is 5.69 Å². The quantitative estimate of drug-likeness (QED) is 0.729. The molecule has 0 aliphatic carbocycles. The SMILES string of the molecule is [CH2]N1CCN(c2ccccc2OC)CC1. The predicted molar refractivity (Wildman–Crippen MR) is 62.1 cm³/mol. The van der Waals surface area contributed by atoms with E-state index in [1.54, 1.807) is 7.11 Å². The van der Waals surface area contributed by atoms with E-state index in [0.717, 1.165) is 31.9 Å². The lowest BCUT2D eigenvalue weighted by Gasteiger charge is -2.34. The van der Waals surface area contributed by atoms with E-state index in [-0.39, 0.29) is 0 Å². The van der Waals surface area contributed by atoms with E-state index in [1.807, 2.05) is 12.1 Å². The zero-order chi connectivity index (χ0) is 10.7. The summed E-state index contributed by atoms with van der Waals surface area (Å²) < 4.78 is 5.35. The van der Waals surface area contributed by atoms with Crippen LogP contribution in [0.2, 0.25) is 0 Å². The second kappa shape index (κ2) is 4.53. The largest absolute Gasteiger partial charge is 0.495 e. The van der Waals surface area contributed by atoms with Gasteiger partial charge < -0.3 is 9.64 Å². The van der Waals surface area contributed by atoms with Gasteiger partial charge in [-0.05, 0) is 12.1 Å². The fraction of sp³-hybridized carbons (Fsp3) is 0.417. The maximum atomic E-state index is 5.35. The Morgan fingerprint density at radius 2 is 1.80 bits per heavy atom. The van der Waals surface area contributed by atoms with E-state index in [0.29, 0.717) is 0 Å². The van der Waals surface area contributed by atoms with Crippen molar-refractivity contribution in [2.24, 2.45) is 0 Å². The topological polar surface area (TPSA) is 15.7 Å². The molecule has 1 aromatic rings. The Labute approximate surface area is 91.2 Å². The number of nitrogens with zero attached hydrogens (tertiary/aromatic N) is 2. The Hall–Kier alpha value is -1.22. The van der Waals surface area contributed by atoms with Crippen molar-refractivity contribution in [3.8, 4) is 5.75 Å². The number of para-hydroxylation sites is 2. The van der Waals surface area contributed by atoms with Crippen molar-refractivity contribution in [1.82, 2.24) is 4.90 Å². The van der Waals surface area contributed by atoms with Gasteiger partial charge in [-0.25, -0.2) is 0 Å². The van der Waals surface area contributed by atoms with Crippen molar-refractivity contribution < 1.29 is 4.74 Å². The van der Waals surface area contributed by atoms with Crippen molar-refractivity contribution in [2.75, 3.05) is 38.2 Å². The van der Waals surface area contributed by atoms with Crippen LogP contribution in [-0.4, -0.2) is 38.2 Å². The van der Waals surface area contributed by atoms with Crippen LogP contribution in [0, 0.1) is 7.05 Å². The standard InChI is InChI=1S/C12H17N2O/c1-13-7-9-14(10-8-13)11-5-3-4-6-12(11)15-2/h3-6H,1,7-10H2,2H3. The number of ether oxygens (including phenoxy) is 1. The Kier molecular flexibility index (Phi) is 3.11. The van der Waals surface area contributed by atoms with E-state index in [1.165, 1.54) is 5.69 Å². The molecule has 3 heteroatoms. The lowest BCUT2D eigenvalue weighted by atomic mass is 10.2. The maximum Gasteiger partial charge on any atom is 0.142 e. The van der Waals surface area contributed by atoms with Gasteiger partial charge in [-0.1, -0.05) is 12.1 Å². The van der Waals surface area contributed by atoms with Crippen LogP contribution in [0.5, 0.6) is 5.75 Å². The van der Waals surface area contributed by atoms with Crippen LogP contribution in [0.3, 0.4) is 0 Å². The van der Waals surface area contributed by atoms with Gasteiger partial charge in [-0.15, -0.1) is 0 Å². The van der Waals surface area contributed by atoms with Gasteiger partial charge in [0.05, 0.1) is 12.8 Å². The number of rotatable bonds is 2. The number of piperazine rings is 1. The maximum absolute atomic E-state index is 5.35. The van der Waals surface area contributed by atoms with Gasteiger partial charge in [0.1, 0.15) is 5.75 Å². The van der Waals surface area contributed by atoms with Crippen LogP contribution in [0.1, 0.15) is 0 Å². The molecule has 0 aromatic heterocycles. The van der Waals surface area contributed by atoms with Gasteiger partial charge >= 0.3 is 0 Å². The van der Waals surface area contributed by atoms with Gasteiger partial charge in [0.25, 0.3) is 0 Å². The highest BCUT2D eigenvalue weighted by molar-refractivity contribution is 5.58. The molecule has 1 aromatic carbocycles. The number of methoxy groups -OCH3 is 1. The molecule has 1 radical (unpaired) electrons. The molecule has 0 unspecified atom stereocenters. The van der Waals surface area contributed by atoms with E-state index >= 15 is 0 Å². The molecule has 1 saturated heterocycles. The minimum absolute atomic E-state index is 0.954. The summed E-state index contributed by atoms with van der Waals surface area (Å²) in [6, 6.07) is 8.16. The van der Waals surface area contributed by atoms with E-state index in [4.69, 9.17) is 4.74 Å². The molecule has 0 spiro atoms. The summed E-state index contributed by atoms with van der Waals surface area (Å²) in [7, 11) is 5.66. The summed E-state index contributed by atoms with van der Waals surface area (Å²) in [4.78, 5) is 4.45. The van der Waals surface area contributed by atoms with E-state index < -0.39 is 0 Å². The molecule has 0 bridgehead atoms. The number of hydrogen-bond donors (Lipinski definition) is 0. The second-order valence-corrected chi connectivity index (χ2v) is 3.78. The first-order valence-electron chi connectivity index (χ1n) is 5.24. The van der Waals surface area contributed by atoms with Crippen LogP contribution in [-0.2, 0) is 0 Å². The van der Waals surface area contributed by atoms with Crippen molar-refractivity contribution in [1.29, 1.82) is 0 Å². The lowest BCUT2D eigenvalue weighted by Crippen LogP contribution is -2.43. The molecule has 0 saturated carbocycles. The van der Waals surface area contributed by atoms with Crippen LogP contribution in [0.25, 0.3) is 0 Å². The summed E-state index contributed by atoms with van der Waals surface area (Å²) >= 11 is 0. The molecule has 15 heavy (non-hydrogen) atoms. The third kappa shape index (κ3) is 2.23. The fourth-order valence-corrected chi connectivity index (χ4v) is 1.88. The summed E-state index contributed by atoms with van der Waals surface area (Å²) in [5.41, 5.74) is 1.19. The van der Waals surface area contributed by atoms with Crippen molar-refractivity contribution >= 4 is 5.69 Å². The van der Waals surface area contributed by atoms with E-state index in [2.05, 4.69) is 29.0 Å². The first kappa shape index (κ1) is 10.3. The summed E-state index contributed by atoms with van der Waals surface area (Å²) in [6.07, 6.45) is 0. The second-order valence-electron chi connectivity index (χ2n) is 3.78. The summed E-state index contributed by atoms with van der Waals surface area (Å²) in [5.74, 6) is 0.954. The molecule has 1 aliphatic rings. The first-order valence-corrected chi connectivity index (χ1v) is 5.24. The Morgan fingerprint density at radius 1 is 1.13 bits per heavy atom. The normalized spacial score (nSPS) is 17.9. The monoisotopic (exact) mass is 205 g/mol. The van der Waals surface area contributed by atoms with Gasteiger partial charge in [-0.2, -0.15) is 0 Å². The average Bonchev–Trinajstić information content (AvgIpc) is 2.30. The molecule has 1 aliphatic heterocycles. The molecule has 81 valence electrons. The van der Waals surface area contributed by atoms with Crippen LogP contribution < -0.4 is 9.64 Å². The molecule has 2 rings (SSSR count). The molecule has 0 N–H and O–H groups in total. The number of benzene rings is 1. The highest BCUT2D eigenvalue weighted by atomic mass is 16.5. The number of hydrogen-bond acceptors (Lipinski definition) is 3. The zero-order valence-corrected chi connectivity index (χ0v) is 9.15. The van der Waals surface area contributed by atoms with Crippen molar-refractivity contribution in [3.63, 3.8) is 0 Å². The third-order valence-corrected chi connectivity index (χ3v) is 2.80. The summed E-state index contributed by atoms with van der Waals surface area (Å²) in [5, 5.41) is 0. The smallest absolute Gasteiger partial charge is 0.142 e. The zero-order valence-electron chi connectivity index (χ0n) is 9.15. The van der Waals surface area contributed by atoms with Gasteiger partial charge in [-0.3, -0.25) is 4.90 Å². The van der Waals surface area contributed by atoms with E-state index in [9.17, 15) is 0 Å². The van der Waals surface area contributed by atoms with Gasteiger partial charge in [0, 0.05) is 33.2 Å². The molecule has 1 fully saturated rings. The Balaban J connectivity index is 2.15. The fourth-order valence-electron chi connectivity index (χ4n) is 1.88. The Morgan fingerprint density at radius 3 is 2.47 bits per heavy atom. The first-order chi connectivity index (χ1) is 7.31. The minimum Gasteiger partial charge on any atom is -0.495 e. The molecule has 3 nitrogen and oxygen atoms in total.